The standard InChI is InChI=1S/C31H32ClN5O3/c1-18(38)15-20-5-7-21(8-6-20)22-9-11-23(12-10-22)28-25(32)16-26-29(35-28)36-30(34-26)40-24-13-14-27(33-17-24)31(3,4)37-19(2)39/h7,9-14,16-17,20H,5-6,8,15H2,1-4H3,(H,37,39)(H,34,35,36). The second kappa shape index (κ2) is 11.2. The molecule has 0 fully saturated rings. The lowest BCUT2D eigenvalue weighted by molar-refractivity contribution is -0.120. The average Bonchev–Trinajstić information content (AvgIpc) is 3.29. The number of nitrogens with zero attached hydrogens (tertiary/aromatic N) is 3. The van der Waals surface area contributed by atoms with Crippen molar-refractivity contribution in [2.24, 2.45) is 5.92 Å². The number of nitrogens with one attached hydrogen (secondary N) is 2. The number of H-pyrrole nitrogens is 1. The van der Waals surface area contributed by atoms with Gasteiger partial charge in [0.2, 0.25) is 5.91 Å². The van der Waals surface area contributed by atoms with Gasteiger partial charge < -0.3 is 19.8 Å². The fourth-order valence-electron chi connectivity index (χ4n) is 5.16. The highest BCUT2D eigenvalue weighted by Gasteiger charge is 2.23. The lowest BCUT2D eigenvalue weighted by Crippen LogP contribution is -2.40. The van der Waals surface area contributed by atoms with E-state index in [1.807, 2.05) is 26.0 Å². The highest BCUT2D eigenvalue weighted by atomic mass is 35.5. The molecule has 0 aliphatic heterocycles. The Morgan fingerprint density at radius 2 is 1.85 bits per heavy atom. The first-order valence-corrected chi connectivity index (χ1v) is 13.7. The monoisotopic (exact) mass is 557 g/mol. The molecule has 0 saturated carbocycles. The van der Waals surface area contributed by atoms with Gasteiger partial charge in [0, 0.05) is 18.9 Å². The molecule has 3 aromatic heterocycles. The zero-order valence-electron chi connectivity index (χ0n) is 23.0. The van der Waals surface area contributed by atoms with E-state index in [9.17, 15) is 9.59 Å². The van der Waals surface area contributed by atoms with Crippen molar-refractivity contribution in [3.05, 3.63) is 71.0 Å². The number of pyridine rings is 2. The number of hydrogen-bond acceptors (Lipinski definition) is 6. The minimum Gasteiger partial charge on any atom is -0.424 e. The van der Waals surface area contributed by atoms with Crippen molar-refractivity contribution in [2.45, 2.75) is 58.9 Å². The van der Waals surface area contributed by atoms with Gasteiger partial charge in [-0.25, -0.2) is 4.98 Å². The molecule has 1 aromatic carbocycles. The Kier molecular flexibility index (Phi) is 7.72. The normalized spacial score (nSPS) is 15.5. The average molecular weight is 558 g/mol. The fraction of sp³-hybridized carbons (Fsp3) is 0.323. The van der Waals surface area contributed by atoms with E-state index in [4.69, 9.17) is 21.3 Å². The molecule has 0 bridgehead atoms. The summed E-state index contributed by atoms with van der Waals surface area (Å²) in [5.41, 5.74) is 5.28. The van der Waals surface area contributed by atoms with Crippen LogP contribution in [0.25, 0.3) is 28.0 Å². The number of benzene rings is 1. The summed E-state index contributed by atoms with van der Waals surface area (Å²) in [6, 6.07) is 13.9. The van der Waals surface area contributed by atoms with Gasteiger partial charge in [-0.1, -0.05) is 41.9 Å². The van der Waals surface area contributed by atoms with Gasteiger partial charge in [0.25, 0.3) is 0 Å². The molecule has 0 radical (unpaired) electrons. The molecule has 0 spiro atoms. The summed E-state index contributed by atoms with van der Waals surface area (Å²) in [7, 11) is 0. The van der Waals surface area contributed by atoms with E-state index in [2.05, 4.69) is 38.5 Å². The minimum absolute atomic E-state index is 0.127. The first-order valence-electron chi connectivity index (χ1n) is 13.4. The number of allylic oxidation sites excluding steroid dienone is 2. The number of imidazole rings is 1. The number of aromatic amines is 1. The van der Waals surface area contributed by atoms with Crippen molar-refractivity contribution in [3.8, 4) is 23.0 Å². The zero-order chi connectivity index (χ0) is 28.4. The summed E-state index contributed by atoms with van der Waals surface area (Å²) in [5, 5.41) is 3.38. The highest BCUT2D eigenvalue weighted by Crippen LogP contribution is 2.35. The molecule has 1 amide bonds. The van der Waals surface area contributed by atoms with Crippen LogP contribution in [0.15, 0.2) is 54.7 Å². The Morgan fingerprint density at radius 1 is 1.10 bits per heavy atom. The Morgan fingerprint density at radius 3 is 2.48 bits per heavy atom. The predicted molar refractivity (Wildman–Crippen MR) is 156 cm³/mol. The molecule has 206 valence electrons. The third-order valence-electron chi connectivity index (χ3n) is 7.11. The molecule has 8 nitrogen and oxygen atoms in total. The number of Topliss-reactive ketones (excluding diaryl/α,β-unsaturated/α-hetero) is 1. The quantitative estimate of drug-likeness (QED) is 0.241. The third-order valence-corrected chi connectivity index (χ3v) is 7.40. The van der Waals surface area contributed by atoms with Gasteiger partial charge in [-0.15, -0.1) is 0 Å². The van der Waals surface area contributed by atoms with Gasteiger partial charge in [-0.2, -0.15) is 4.98 Å². The van der Waals surface area contributed by atoms with E-state index in [1.165, 1.54) is 18.1 Å². The van der Waals surface area contributed by atoms with Crippen LogP contribution in [0.3, 0.4) is 0 Å². The largest absolute Gasteiger partial charge is 0.424 e. The van der Waals surface area contributed by atoms with Crippen molar-refractivity contribution in [1.82, 2.24) is 25.3 Å². The SMILES string of the molecule is CC(=O)CC1CC=C(c2ccc(-c3nc4nc(Oc5ccc(C(C)(C)NC(C)=O)nc5)[nH]c4cc3Cl)cc2)CC1. The molecule has 9 heteroatoms. The number of hydrogen-bond donors (Lipinski definition) is 2. The molecule has 1 aliphatic rings. The van der Waals surface area contributed by atoms with Crippen LogP contribution in [-0.4, -0.2) is 31.6 Å². The van der Waals surface area contributed by atoms with E-state index in [0.717, 1.165) is 24.8 Å². The van der Waals surface area contributed by atoms with Crippen molar-refractivity contribution in [2.75, 3.05) is 0 Å². The molecular weight excluding hydrogens is 526 g/mol. The van der Waals surface area contributed by atoms with Crippen LogP contribution in [0.5, 0.6) is 11.8 Å². The summed E-state index contributed by atoms with van der Waals surface area (Å²) in [5.74, 6) is 1.08. The van der Waals surface area contributed by atoms with Crippen molar-refractivity contribution < 1.29 is 14.3 Å². The number of carbonyl (C=O) groups excluding carboxylic acids is 2. The maximum atomic E-state index is 11.5. The van der Waals surface area contributed by atoms with Gasteiger partial charge in [0.1, 0.15) is 11.5 Å². The van der Waals surface area contributed by atoms with Crippen LogP contribution in [0.4, 0.5) is 0 Å². The van der Waals surface area contributed by atoms with Crippen LogP contribution in [0.1, 0.15) is 64.6 Å². The maximum absolute atomic E-state index is 11.5. The van der Waals surface area contributed by atoms with Gasteiger partial charge >= 0.3 is 6.01 Å². The molecule has 1 atom stereocenters. The first kappa shape index (κ1) is 27.5. The van der Waals surface area contributed by atoms with E-state index < -0.39 is 5.54 Å². The van der Waals surface area contributed by atoms with Crippen molar-refractivity contribution in [3.63, 3.8) is 0 Å². The molecule has 5 rings (SSSR count). The molecule has 4 aromatic rings. The van der Waals surface area contributed by atoms with E-state index in [-0.39, 0.29) is 17.7 Å². The smallest absolute Gasteiger partial charge is 0.301 e. The van der Waals surface area contributed by atoms with Crippen molar-refractivity contribution in [1.29, 1.82) is 0 Å². The molecule has 1 unspecified atom stereocenters. The zero-order valence-corrected chi connectivity index (χ0v) is 23.8. The first-order chi connectivity index (χ1) is 19.1. The number of ether oxygens (including phenoxy) is 1. The Bertz CT molecular complexity index is 1590. The van der Waals surface area contributed by atoms with Gasteiger partial charge in [0.05, 0.1) is 33.7 Å². The van der Waals surface area contributed by atoms with Crippen LogP contribution >= 0.6 is 11.6 Å². The Labute approximate surface area is 238 Å². The van der Waals surface area contributed by atoms with E-state index in [1.54, 1.807) is 31.3 Å². The predicted octanol–water partition coefficient (Wildman–Crippen LogP) is 7.00. The number of aromatic nitrogens is 4. The summed E-state index contributed by atoms with van der Waals surface area (Å²) in [6.45, 7) is 6.92. The second-order valence-electron chi connectivity index (χ2n) is 10.9. The van der Waals surface area contributed by atoms with Crippen molar-refractivity contribution >= 4 is 40.0 Å². The van der Waals surface area contributed by atoms with Gasteiger partial charge in [-0.3, -0.25) is 9.78 Å². The summed E-state index contributed by atoms with van der Waals surface area (Å²) in [6.07, 6.45) is 7.47. The Hall–Kier alpha value is -4.04. The molecule has 2 N–H and O–H groups in total. The molecular formula is C31H32ClN5O3. The van der Waals surface area contributed by atoms with Crippen LogP contribution in [-0.2, 0) is 15.1 Å². The van der Waals surface area contributed by atoms with Crippen LogP contribution in [0.2, 0.25) is 5.02 Å². The van der Waals surface area contributed by atoms with E-state index in [0.29, 0.717) is 45.7 Å². The molecule has 1 aliphatic carbocycles. The summed E-state index contributed by atoms with van der Waals surface area (Å²) < 4.78 is 5.88. The number of halogens is 1. The fourth-order valence-corrected chi connectivity index (χ4v) is 5.42. The molecule has 0 saturated heterocycles. The lowest BCUT2D eigenvalue weighted by Gasteiger charge is -2.24. The number of ketones is 1. The minimum atomic E-state index is -0.605. The van der Waals surface area contributed by atoms with Gasteiger partial charge in [-0.05, 0) is 75.3 Å². The highest BCUT2D eigenvalue weighted by molar-refractivity contribution is 6.33. The number of amides is 1. The molecule has 40 heavy (non-hydrogen) atoms. The third kappa shape index (κ3) is 6.23. The van der Waals surface area contributed by atoms with Gasteiger partial charge in [0.15, 0.2) is 5.65 Å². The maximum Gasteiger partial charge on any atom is 0.301 e. The topological polar surface area (TPSA) is 110 Å². The van der Waals surface area contributed by atoms with E-state index >= 15 is 0 Å². The molecule has 3 heterocycles. The summed E-state index contributed by atoms with van der Waals surface area (Å²) >= 11 is 6.62. The number of fused-ring (bicyclic) bond motifs is 1. The second-order valence-corrected chi connectivity index (χ2v) is 11.3. The van der Waals surface area contributed by atoms with Crippen LogP contribution in [0, 0.1) is 5.92 Å². The Balaban J connectivity index is 1.31. The summed E-state index contributed by atoms with van der Waals surface area (Å²) in [4.78, 5) is 39.7. The number of carbonyl (C=O) groups is 2. The van der Waals surface area contributed by atoms with Crippen LogP contribution < -0.4 is 10.1 Å². The lowest BCUT2D eigenvalue weighted by atomic mass is 9.84. The number of rotatable bonds is 8.